The number of azide groups is 1. The number of carbonyl (C=O) groups is 1. The van der Waals surface area contributed by atoms with Crippen molar-refractivity contribution >= 4 is 5.97 Å². The summed E-state index contributed by atoms with van der Waals surface area (Å²) in [5.74, 6) is -1.41. The van der Waals surface area contributed by atoms with E-state index < -0.39 is 42.2 Å². The molecule has 0 aliphatic carbocycles. The lowest BCUT2D eigenvalue weighted by Gasteiger charge is -2.27. The summed E-state index contributed by atoms with van der Waals surface area (Å²) < 4.78 is 12.3. The third-order valence-electron chi connectivity index (χ3n) is 4.99. The van der Waals surface area contributed by atoms with Gasteiger partial charge < -0.3 is 14.6 Å². The lowest BCUT2D eigenvalue weighted by Crippen LogP contribution is -2.44. The number of ether oxygens (including phenoxy) is 2. The van der Waals surface area contributed by atoms with Gasteiger partial charge in [-0.3, -0.25) is 9.36 Å². The molecule has 10 heteroatoms. The predicted octanol–water partition coefficient (Wildman–Crippen LogP) is 1.92. The van der Waals surface area contributed by atoms with Crippen molar-refractivity contribution in [2.75, 3.05) is 6.61 Å². The maximum atomic E-state index is 12.2. The minimum Gasteiger partial charge on any atom is -0.462 e. The summed E-state index contributed by atoms with van der Waals surface area (Å²) in [7, 11) is 0. The first kappa shape index (κ1) is 20.9. The summed E-state index contributed by atoms with van der Waals surface area (Å²) in [6.07, 6.45) is -0.710. The van der Waals surface area contributed by atoms with E-state index in [9.17, 15) is 14.7 Å². The second-order valence-corrected chi connectivity index (χ2v) is 7.25. The molecule has 27 heavy (non-hydrogen) atoms. The normalized spacial score (nSPS) is 28.6. The highest BCUT2D eigenvalue weighted by atomic mass is 16.6. The van der Waals surface area contributed by atoms with Gasteiger partial charge in [0.2, 0.25) is 5.72 Å². The van der Waals surface area contributed by atoms with E-state index in [0.717, 1.165) is 0 Å². The predicted molar refractivity (Wildman–Crippen MR) is 95.4 cm³/mol. The van der Waals surface area contributed by atoms with Gasteiger partial charge in [-0.25, -0.2) is 4.79 Å². The molecule has 1 aromatic rings. The Morgan fingerprint density at radius 3 is 2.78 bits per heavy atom. The minimum atomic E-state index is -1.82. The van der Waals surface area contributed by atoms with Crippen LogP contribution in [0.15, 0.2) is 22.2 Å². The molecule has 0 saturated carbocycles. The van der Waals surface area contributed by atoms with Crippen LogP contribution in [0.1, 0.15) is 39.6 Å². The molecule has 0 bridgehead atoms. The lowest BCUT2D eigenvalue weighted by atomic mass is 9.97. The van der Waals surface area contributed by atoms with Crippen LogP contribution in [0.25, 0.3) is 10.4 Å². The van der Waals surface area contributed by atoms with Crippen LogP contribution in [0.4, 0.5) is 0 Å². The van der Waals surface area contributed by atoms with Gasteiger partial charge in [0.05, 0.1) is 12.0 Å². The molecule has 1 aliphatic heterocycles. The van der Waals surface area contributed by atoms with Gasteiger partial charge >= 0.3 is 11.7 Å². The molecule has 1 N–H and O–H groups in total. The van der Waals surface area contributed by atoms with E-state index in [1.165, 1.54) is 10.8 Å². The zero-order chi connectivity index (χ0) is 20.4. The van der Waals surface area contributed by atoms with Crippen molar-refractivity contribution in [3.63, 3.8) is 0 Å². The Kier molecular flexibility index (Phi) is 6.25. The molecule has 0 spiro atoms. The number of nitrogens with zero attached hydrogens (tertiary/aromatic N) is 5. The number of aliphatic hydroxyl groups is 1. The molecule has 1 aliphatic rings. The van der Waals surface area contributed by atoms with Gasteiger partial charge in [-0.1, -0.05) is 32.8 Å². The highest BCUT2D eigenvalue weighted by Gasteiger charge is 2.54. The van der Waals surface area contributed by atoms with E-state index >= 15 is 0 Å². The van der Waals surface area contributed by atoms with Gasteiger partial charge in [-0.05, 0) is 24.4 Å². The monoisotopic (exact) mass is 379 g/mol. The second kappa shape index (κ2) is 8.08. The number of esters is 1. The van der Waals surface area contributed by atoms with E-state index in [4.69, 9.17) is 15.0 Å². The first-order valence-electron chi connectivity index (χ1n) is 8.77. The Balaban J connectivity index is 2.30. The van der Waals surface area contributed by atoms with E-state index in [2.05, 4.69) is 15.0 Å². The van der Waals surface area contributed by atoms with E-state index in [-0.39, 0.29) is 11.8 Å². The van der Waals surface area contributed by atoms with Gasteiger partial charge in [0.1, 0.15) is 12.8 Å². The second-order valence-electron chi connectivity index (χ2n) is 7.25. The molecule has 1 aromatic heterocycles. The smallest absolute Gasteiger partial charge is 0.349 e. The molecule has 1 saturated heterocycles. The van der Waals surface area contributed by atoms with Crippen LogP contribution in [0.2, 0.25) is 0 Å². The number of aromatic nitrogens is 2. The fraction of sp³-hybridized carbons (Fsp3) is 0.706. The zero-order valence-corrected chi connectivity index (χ0v) is 16.1. The molecular formula is C17H25N5O5. The molecule has 2 rings (SSSR count). The van der Waals surface area contributed by atoms with Crippen molar-refractivity contribution in [2.24, 2.45) is 22.9 Å². The Labute approximate surface area is 156 Å². The van der Waals surface area contributed by atoms with Crippen molar-refractivity contribution in [1.29, 1.82) is 0 Å². The van der Waals surface area contributed by atoms with Gasteiger partial charge in [-0.15, -0.1) is 0 Å². The third-order valence-corrected chi connectivity index (χ3v) is 4.99. The lowest BCUT2D eigenvalue weighted by molar-refractivity contribution is -0.169. The molecule has 2 heterocycles. The first-order valence-corrected chi connectivity index (χ1v) is 8.77. The van der Waals surface area contributed by atoms with Gasteiger partial charge in [-0.2, -0.15) is 4.98 Å². The third kappa shape index (κ3) is 4.13. The number of aryl methyl sites for hydroxylation is 1. The Morgan fingerprint density at radius 1 is 1.56 bits per heavy atom. The number of rotatable bonds is 6. The SMILES string of the molecule is Cc1ccn([C@@H]2O[C@@](COC(=O)[C@@H](C)C(C)C)(N=[N+]=[N-])[C@@H](O)[C@@H]2C)c(=O)n1. The maximum absolute atomic E-state index is 12.2. The molecule has 0 radical (unpaired) electrons. The van der Waals surface area contributed by atoms with Gasteiger partial charge in [0.25, 0.3) is 0 Å². The Hall–Kier alpha value is -2.42. The molecular weight excluding hydrogens is 354 g/mol. The fourth-order valence-electron chi connectivity index (χ4n) is 2.84. The summed E-state index contributed by atoms with van der Waals surface area (Å²) in [4.78, 5) is 30.9. The van der Waals surface area contributed by atoms with Gasteiger partial charge in [0.15, 0.2) is 0 Å². The van der Waals surface area contributed by atoms with Crippen molar-refractivity contribution in [2.45, 2.75) is 52.7 Å². The molecule has 0 aromatic carbocycles. The number of carbonyl (C=O) groups excluding carboxylic acids is 1. The number of hydrogen-bond donors (Lipinski definition) is 1. The van der Waals surface area contributed by atoms with Crippen LogP contribution in [0.3, 0.4) is 0 Å². The fourth-order valence-corrected chi connectivity index (χ4v) is 2.84. The van der Waals surface area contributed by atoms with E-state index in [1.54, 1.807) is 26.8 Å². The molecule has 0 amide bonds. The van der Waals surface area contributed by atoms with Crippen LogP contribution in [0, 0.1) is 24.7 Å². The number of aliphatic hydroxyl groups excluding tert-OH is 1. The average Bonchev–Trinajstić information content (AvgIpc) is 2.85. The molecule has 148 valence electrons. The van der Waals surface area contributed by atoms with Crippen molar-refractivity contribution < 1.29 is 19.4 Å². The van der Waals surface area contributed by atoms with Crippen LogP contribution >= 0.6 is 0 Å². The van der Waals surface area contributed by atoms with E-state index in [0.29, 0.717) is 5.69 Å². The zero-order valence-electron chi connectivity index (χ0n) is 16.1. The van der Waals surface area contributed by atoms with E-state index in [1.807, 2.05) is 13.8 Å². The van der Waals surface area contributed by atoms with Crippen LogP contribution < -0.4 is 5.69 Å². The average molecular weight is 379 g/mol. The maximum Gasteiger partial charge on any atom is 0.349 e. The van der Waals surface area contributed by atoms with Gasteiger partial charge in [0, 0.05) is 22.7 Å². The first-order chi connectivity index (χ1) is 12.6. The highest BCUT2D eigenvalue weighted by Crippen LogP contribution is 2.42. The highest BCUT2D eigenvalue weighted by molar-refractivity contribution is 5.72. The quantitative estimate of drug-likeness (QED) is 0.347. The molecule has 5 atom stereocenters. The van der Waals surface area contributed by atoms with Crippen LogP contribution in [-0.4, -0.2) is 39.1 Å². The summed E-state index contributed by atoms with van der Waals surface area (Å²) in [6, 6.07) is 1.63. The Morgan fingerprint density at radius 2 is 2.22 bits per heavy atom. The molecule has 10 nitrogen and oxygen atoms in total. The van der Waals surface area contributed by atoms with Crippen LogP contribution in [0.5, 0.6) is 0 Å². The van der Waals surface area contributed by atoms with Crippen molar-refractivity contribution in [3.8, 4) is 0 Å². The summed E-state index contributed by atoms with van der Waals surface area (Å²) in [5, 5.41) is 14.2. The summed E-state index contributed by atoms with van der Waals surface area (Å²) >= 11 is 0. The Bertz CT molecular complexity index is 803. The minimum absolute atomic E-state index is 0.0613. The van der Waals surface area contributed by atoms with Crippen molar-refractivity contribution in [1.82, 2.24) is 9.55 Å². The summed E-state index contributed by atoms with van der Waals surface area (Å²) in [5.41, 5.74) is 7.12. The standard InChI is InChI=1S/C17H25N5O5/c1-9(2)11(4)15(24)26-8-17(20-21-18)13(23)12(5)14(27-17)22-7-6-10(3)19-16(22)25/h6-7,9,11-14,23H,8H2,1-5H3/t11-,12-,13-,14+,17+/m0/s1. The topological polar surface area (TPSA) is 139 Å². The summed E-state index contributed by atoms with van der Waals surface area (Å²) in [6.45, 7) is 8.36. The van der Waals surface area contributed by atoms with Crippen molar-refractivity contribution in [3.05, 3.63) is 38.9 Å². The largest absolute Gasteiger partial charge is 0.462 e. The molecule has 1 fully saturated rings. The van der Waals surface area contributed by atoms with Crippen LogP contribution in [-0.2, 0) is 14.3 Å². The number of hydrogen-bond acceptors (Lipinski definition) is 7. The molecule has 0 unspecified atom stereocenters.